The largest absolute Gasteiger partial charge is 0.284 e. The number of hydrogen-bond donors (Lipinski definition) is 0. The van der Waals surface area contributed by atoms with Crippen LogP contribution < -0.4 is 4.90 Å². The number of amides is 1. The molecular formula is C25H23ClN2OS2. The Morgan fingerprint density at radius 1 is 1.03 bits per heavy atom. The number of thioether (sulfide) groups is 1. The third kappa shape index (κ3) is 5.48. The lowest BCUT2D eigenvalue weighted by atomic mass is 10.1. The quantitative estimate of drug-likeness (QED) is 0.268. The highest BCUT2D eigenvalue weighted by Gasteiger charge is 2.20. The zero-order valence-electron chi connectivity index (χ0n) is 17.5. The molecule has 0 bridgehead atoms. The van der Waals surface area contributed by atoms with Crippen molar-refractivity contribution in [3.8, 4) is 0 Å². The Morgan fingerprint density at radius 2 is 1.74 bits per heavy atom. The van der Waals surface area contributed by atoms with Crippen LogP contribution in [0.2, 0.25) is 5.02 Å². The number of aryl methyl sites for hydroxylation is 2. The summed E-state index contributed by atoms with van der Waals surface area (Å²) in [5, 5.41) is 1.47. The van der Waals surface area contributed by atoms with E-state index >= 15 is 0 Å². The van der Waals surface area contributed by atoms with E-state index in [1.54, 1.807) is 23.1 Å². The molecule has 31 heavy (non-hydrogen) atoms. The molecule has 4 aromatic rings. The van der Waals surface area contributed by atoms with Crippen LogP contribution >= 0.6 is 34.7 Å². The molecule has 1 amide bonds. The van der Waals surface area contributed by atoms with E-state index in [2.05, 4.69) is 26.0 Å². The van der Waals surface area contributed by atoms with E-state index in [1.807, 2.05) is 59.5 Å². The van der Waals surface area contributed by atoms with Crippen molar-refractivity contribution in [1.82, 2.24) is 4.98 Å². The summed E-state index contributed by atoms with van der Waals surface area (Å²) < 4.78 is 1.11. The topological polar surface area (TPSA) is 33.2 Å². The summed E-state index contributed by atoms with van der Waals surface area (Å²) in [6.45, 7) is 4.72. The van der Waals surface area contributed by atoms with Gasteiger partial charge in [-0.1, -0.05) is 53.3 Å². The van der Waals surface area contributed by atoms with Crippen LogP contribution in [0.3, 0.4) is 0 Å². The van der Waals surface area contributed by atoms with Crippen molar-refractivity contribution >= 4 is 56.0 Å². The summed E-state index contributed by atoms with van der Waals surface area (Å²) in [4.78, 5) is 21.0. The molecule has 0 saturated heterocycles. The first kappa shape index (κ1) is 21.9. The number of carbonyl (C=O) groups excluding carboxylic acids is 1. The molecule has 0 radical (unpaired) electrons. The lowest BCUT2D eigenvalue weighted by Crippen LogP contribution is -2.30. The Morgan fingerprint density at radius 3 is 2.48 bits per heavy atom. The summed E-state index contributed by atoms with van der Waals surface area (Å²) in [5.74, 6) is 0.785. The fraction of sp³-hybridized carbons (Fsp3) is 0.200. The molecule has 4 rings (SSSR count). The normalized spacial score (nSPS) is 11.1. The fourth-order valence-electron chi connectivity index (χ4n) is 3.23. The summed E-state index contributed by atoms with van der Waals surface area (Å²) in [7, 11) is 0. The molecule has 0 fully saturated rings. The molecule has 3 aromatic carbocycles. The predicted molar refractivity (Wildman–Crippen MR) is 134 cm³/mol. The Hall–Kier alpha value is -2.34. The standard InChI is InChI=1S/C25H23ClN2OS2/c1-17-14-22-23(15-18(17)2)31-25(27-22)28(16-19-6-4-3-5-7-19)24(29)12-13-30-21-10-8-20(26)9-11-21/h3-11,14-15H,12-13,16H2,1-2H3. The minimum Gasteiger partial charge on any atom is -0.284 e. The van der Waals surface area contributed by atoms with E-state index in [0.717, 1.165) is 30.8 Å². The number of rotatable bonds is 7. The van der Waals surface area contributed by atoms with Gasteiger partial charge in [-0.05, 0) is 66.9 Å². The van der Waals surface area contributed by atoms with Gasteiger partial charge in [0.2, 0.25) is 5.91 Å². The van der Waals surface area contributed by atoms with Crippen molar-refractivity contribution in [2.45, 2.75) is 31.7 Å². The SMILES string of the molecule is Cc1cc2nc(N(Cc3ccccc3)C(=O)CCSc3ccc(Cl)cc3)sc2cc1C. The summed E-state index contributed by atoms with van der Waals surface area (Å²) in [6.07, 6.45) is 0.439. The zero-order valence-corrected chi connectivity index (χ0v) is 19.9. The molecule has 6 heteroatoms. The minimum absolute atomic E-state index is 0.0813. The first-order valence-electron chi connectivity index (χ1n) is 10.1. The second kappa shape index (κ2) is 9.86. The first-order valence-corrected chi connectivity index (χ1v) is 12.3. The van der Waals surface area contributed by atoms with E-state index in [9.17, 15) is 4.79 Å². The number of halogens is 1. The monoisotopic (exact) mass is 466 g/mol. The maximum Gasteiger partial charge on any atom is 0.229 e. The van der Waals surface area contributed by atoms with E-state index < -0.39 is 0 Å². The number of thiazole rings is 1. The van der Waals surface area contributed by atoms with Gasteiger partial charge in [-0.3, -0.25) is 9.69 Å². The second-order valence-corrected chi connectivity index (χ2v) is 10.0. The molecule has 3 nitrogen and oxygen atoms in total. The number of hydrogen-bond acceptors (Lipinski definition) is 4. The molecule has 0 N–H and O–H groups in total. The van der Waals surface area contributed by atoms with Crippen LogP contribution in [0.15, 0.2) is 71.6 Å². The van der Waals surface area contributed by atoms with Crippen molar-refractivity contribution in [1.29, 1.82) is 0 Å². The Bertz CT molecular complexity index is 1150. The number of anilines is 1. The summed E-state index contributed by atoms with van der Waals surface area (Å²) >= 11 is 9.20. The van der Waals surface area contributed by atoms with Crippen LogP contribution in [0.4, 0.5) is 5.13 Å². The molecule has 0 atom stereocenters. The van der Waals surface area contributed by atoms with Gasteiger partial charge in [-0.25, -0.2) is 4.98 Å². The van der Waals surface area contributed by atoms with Crippen molar-refractivity contribution in [3.63, 3.8) is 0 Å². The number of carbonyl (C=O) groups is 1. The van der Waals surface area contributed by atoms with Gasteiger partial charge in [0.05, 0.1) is 16.8 Å². The molecule has 1 heterocycles. The third-order valence-corrected chi connectivity index (χ3v) is 7.41. The number of fused-ring (bicyclic) bond motifs is 1. The van der Waals surface area contributed by atoms with E-state index in [-0.39, 0.29) is 5.91 Å². The minimum atomic E-state index is 0.0813. The molecule has 0 aliphatic carbocycles. The molecule has 0 saturated carbocycles. The summed E-state index contributed by atoms with van der Waals surface area (Å²) in [5.41, 5.74) is 4.49. The Labute approximate surface area is 196 Å². The summed E-state index contributed by atoms with van der Waals surface area (Å²) in [6, 6.07) is 22.1. The van der Waals surface area contributed by atoms with Gasteiger partial charge < -0.3 is 0 Å². The third-order valence-electron chi connectivity index (χ3n) is 5.11. The maximum atomic E-state index is 13.3. The lowest BCUT2D eigenvalue weighted by Gasteiger charge is -2.20. The van der Waals surface area contributed by atoms with Crippen molar-refractivity contribution in [2.75, 3.05) is 10.7 Å². The van der Waals surface area contributed by atoms with Crippen LogP contribution in [0.25, 0.3) is 10.2 Å². The first-order chi connectivity index (χ1) is 15.0. The van der Waals surface area contributed by atoms with Gasteiger partial charge in [0, 0.05) is 22.1 Å². The average molecular weight is 467 g/mol. The van der Waals surface area contributed by atoms with Gasteiger partial charge in [-0.2, -0.15) is 0 Å². The zero-order chi connectivity index (χ0) is 21.8. The smallest absolute Gasteiger partial charge is 0.229 e. The van der Waals surface area contributed by atoms with E-state index in [1.165, 1.54) is 11.1 Å². The molecule has 0 aliphatic heterocycles. The fourth-order valence-corrected chi connectivity index (χ4v) is 5.26. The van der Waals surface area contributed by atoms with E-state index in [4.69, 9.17) is 16.6 Å². The Kier molecular flexibility index (Phi) is 6.96. The van der Waals surface area contributed by atoms with Crippen LogP contribution in [0.1, 0.15) is 23.1 Å². The van der Waals surface area contributed by atoms with Crippen molar-refractivity contribution in [3.05, 3.63) is 88.4 Å². The van der Waals surface area contributed by atoms with Crippen LogP contribution in [-0.4, -0.2) is 16.6 Å². The van der Waals surface area contributed by atoms with Gasteiger partial charge in [0.25, 0.3) is 0 Å². The van der Waals surface area contributed by atoms with Gasteiger partial charge in [0.15, 0.2) is 5.13 Å². The number of benzene rings is 3. The molecule has 1 aromatic heterocycles. The predicted octanol–water partition coefficient (Wildman–Crippen LogP) is 7.28. The molecule has 0 unspecified atom stereocenters. The van der Waals surface area contributed by atoms with E-state index in [0.29, 0.717) is 18.7 Å². The van der Waals surface area contributed by atoms with Gasteiger partial charge >= 0.3 is 0 Å². The number of aromatic nitrogens is 1. The van der Waals surface area contributed by atoms with Crippen molar-refractivity contribution in [2.24, 2.45) is 0 Å². The van der Waals surface area contributed by atoms with Crippen molar-refractivity contribution < 1.29 is 4.79 Å². The molecule has 0 spiro atoms. The van der Waals surface area contributed by atoms with Gasteiger partial charge in [-0.15, -0.1) is 11.8 Å². The molecular weight excluding hydrogens is 444 g/mol. The highest BCUT2D eigenvalue weighted by atomic mass is 35.5. The molecule has 0 aliphatic rings. The van der Waals surface area contributed by atoms with Crippen LogP contribution in [0.5, 0.6) is 0 Å². The average Bonchev–Trinajstić information content (AvgIpc) is 3.16. The van der Waals surface area contributed by atoms with Crippen LogP contribution in [-0.2, 0) is 11.3 Å². The maximum absolute atomic E-state index is 13.3. The molecule has 158 valence electrons. The lowest BCUT2D eigenvalue weighted by molar-refractivity contribution is -0.118. The van der Waals surface area contributed by atoms with Gasteiger partial charge in [0.1, 0.15) is 0 Å². The highest BCUT2D eigenvalue weighted by molar-refractivity contribution is 7.99. The van der Waals surface area contributed by atoms with Crippen LogP contribution in [0, 0.1) is 13.8 Å². The highest BCUT2D eigenvalue weighted by Crippen LogP contribution is 2.32. The Balaban J connectivity index is 1.55. The second-order valence-electron chi connectivity index (χ2n) is 7.42. The number of nitrogens with zero attached hydrogens (tertiary/aromatic N) is 2.